The average Bonchev–Trinajstić information content (AvgIpc) is 3.33. The zero-order chi connectivity index (χ0) is 22.3. The Hall–Kier alpha value is -2.28. The molecule has 2 aliphatic rings. The summed E-state index contributed by atoms with van der Waals surface area (Å²) in [5.41, 5.74) is 7.12. The molecule has 1 N–H and O–H groups in total. The quantitative estimate of drug-likeness (QED) is 0.258. The van der Waals surface area contributed by atoms with Gasteiger partial charge in [0.15, 0.2) is 6.67 Å². The summed E-state index contributed by atoms with van der Waals surface area (Å²) in [6.07, 6.45) is 14.0. The van der Waals surface area contributed by atoms with E-state index in [1.165, 1.54) is 73.0 Å². The van der Waals surface area contributed by atoms with Gasteiger partial charge in [-0.25, -0.2) is 0 Å². The Kier molecular flexibility index (Phi) is 8.18. The number of quaternary nitrogens is 1. The molecule has 1 heterocycles. The molecule has 0 saturated carbocycles. The number of hydrogen-bond acceptors (Lipinski definition) is 1. The molecule has 0 fully saturated rings. The summed E-state index contributed by atoms with van der Waals surface area (Å²) >= 11 is 0. The Bertz CT molecular complexity index is 876. The van der Waals surface area contributed by atoms with Crippen molar-refractivity contribution < 1.29 is 22.2 Å². The normalized spacial score (nSPS) is 16.7. The van der Waals surface area contributed by atoms with Gasteiger partial charge < -0.3 is 17.3 Å². The maximum atomic E-state index is 9.75. The summed E-state index contributed by atoms with van der Waals surface area (Å²) in [7, 11) is -6.00. The smallest absolute Gasteiger partial charge is 0.418 e. The van der Waals surface area contributed by atoms with E-state index in [9.17, 15) is 17.3 Å². The summed E-state index contributed by atoms with van der Waals surface area (Å²) in [5, 5.41) is 0. The summed E-state index contributed by atoms with van der Waals surface area (Å²) in [4.78, 5) is 4.00. The van der Waals surface area contributed by atoms with Crippen molar-refractivity contribution >= 4 is 12.9 Å². The van der Waals surface area contributed by atoms with E-state index in [1.54, 1.807) is 4.90 Å². The minimum Gasteiger partial charge on any atom is -0.418 e. The second-order valence-corrected chi connectivity index (χ2v) is 8.29. The second-order valence-electron chi connectivity index (χ2n) is 8.29. The Morgan fingerprint density at radius 1 is 0.871 bits per heavy atom. The molecule has 0 bridgehead atoms. The number of benzene rings is 2. The van der Waals surface area contributed by atoms with Crippen molar-refractivity contribution in [1.29, 1.82) is 0 Å². The summed E-state index contributed by atoms with van der Waals surface area (Å²) in [5.74, 6) is 0. The van der Waals surface area contributed by atoms with Gasteiger partial charge in [0.25, 0.3) is 0 Å². The fourth-order valence-electron chi connectivity index (χ4n) is 4.30. The van der Waals surface area contributed by atoms with Gasteiger partial charge in [-0.05, 0) is 53.6 Å². The van der Waals surface area contributed by atoms with Crippen LogP contribution in [0.5, 0.6) is 0 Å². The molecule has 168 valence electrons. The SMILES string of the molecule is CCCCCCCC[NH+]1C=CN(c2ccc3c(c2)Cc2ccccc2-3)C1.F[B-](F)(F)F. The lowest BCUT2D eigenvalue weighted by atomic mass is 10.1. The van der Waals surface area contributed by atoms with Crippen molar-refractivity contribution in [2.75, 3.05) is 18.1 Å². The Morgan fingerprint density at radius 2 is 1.55 bits per heavy atom. The first-order valence-corrected chi connectivity index (χ1v) is 11.2. The topological polar surface area (TPSA) is 7.68 Å². The van der Waals surface area contributed by atoms with Gasteiger partial charge in [-0.15, -0.1) is 0 Å². The third-order valence-electron chi connectivity index (χ3n) is 5.82. The first-order chi connectivity index (χ1) is 14.8. The fourth-order valence-corrected chi connectivity index (χ4v) is 4.30. The van der Waals surface area contributed by atoms with E-state index in [1.807, 2.05) is 0 Å². The fraction of sp³-hybridized carbons (Fsp3) is 0.417. The minimum atomic E-state index is -6.00. The molecule has 0 saturated heterocycles. The van der Waals surface area contributed by atoms with Crippen LogP contribution in [0.1, 0.15) is 56.6 Å². The molecule has 7 heteroatoms. The van der Waals surface area contributed by atoms with Crippen LogP contribution in [0.4, 0.5) is 23.0 Å². The van der Waals surface area contributed by atoms with Gasteiger partial charge in [0.1, 0.15) is 6.20 Å². The first kappa shape index (κ1) is 23.4. The van der Waals surface area contributed by atoms with Crippen LogP contribution in [0.2, 0.25) is 0 Å². The van der Waals surface area contributed by atoms with E-state index in [0.29, 0.717) is 0 Å². The lowest BCUT2D eigenvalue weighted by Gasteiger charge is -2.18. The zero-order valence-electron chi connectivity index (χ0n) is 18.1. The van der Waals surface area contributed by atoms with Crippen LogP contribution in [0.25, 0.3) is 11.1 Å². The molecule has 1 atom stereocenters. The molecule has 1 unspecified atom stereocenters. The molecule has 0 radical (unpaired) electrons. The van der Waals surface area contributed by atoms with Crippen LogP contribution in [-0.2, 0) is 6.42 Å². The van der Waals surface area contributed by atoms with Crippen LogP contribution >= 0.6 is 0 Å². The number of nitrogens with zero attached hydrogens (tertiary/aromatic N) is 1. The summed E-state index contributed by atoms with van der Waals surface area (Å²) < 4.78 is 39.0. The van der Waals surface area contributed by atoms with Crippen LogP contribution in [-0.4, -0.2) is 20.5 Å². The van der Waals surface area contributed by atoms with E-state index in [0.717, 1.165) is 13.1 Å². The van der Waals surface area contributed by atoms with Crippen LogP contribution in [0, 0.1) is 0 Å². The number of rotatable bonds is 8. The highest BCUT2D eigenvalue weighted by Gasteiger charge is 2.22. The lowest BCUT2D eigenvalue weighted by Crippen LogP contribution is -3.07. The molecule has 0 amide bonds. The number of hydrogen-bond donors (Lipinski definition) is 1. The molecule has 4 rings (SSSR count). The molecule has 1 aliphatic heterocycles. The second kappa shape index (κ2) is 10.8. The standard InChI is InChI=1S/C24H30N2.BF4/c1-2-3-4-5-6-9-14-25-15-16-26(19-25)22-12-13-24-21(18-22)17-20-10-7-8-11-23(20)24;2-1(3,4)5/h7-8,10-13,15-16,18H,2-6,9,14,17,19H2,1H3;/q;-1/p+1. The number of unbranched alkanes of at least 4 members (excludes halogenated alkanes) is 5. The van der Waals surface area contributed by atoms with E-state index in [2.05, 4.69) is 66.7 Å². The third-order valence-corrected chi connectivity index (χ3v) is 5.82. The first-order valence-electron chi connectivity index (χ1n) is 11.2. The highest BCUT2D eigenvalue weighted by atomic mass is 19.5. The van der Waals surface area contributed by atoms with Gasteiger partial charge in [-0.1, -0.05) is 62.9 Å². The molecule has 2 nitrogen and oxygen atoms in total. The predicted molar refractivity (Wildman–Crippen MR) is 121 cm³/mol. The highest BCUT2D eigenvalue weighted by molar-refractivity contribution is 6.50. The largest absolute Gasteiger partial charge is 0.673 e. The maximum absolute atomic E-state index is 9.75. The van der Waals surface area contributed by atoms with Gasteiger partial charge in [0, 0.05) is 5.69 Å². The van der Waals surface area contributed by atoms with Crippen molar-refractivity contribution in [2.24, 2.45) is 0 Å². The summed E-state index contributed by atoms with van der Waals surface area (Å²) in [6, 6.07) is 15.8. The highest BCUT2D eigenvalue weighted by Crippen LogP contribution is 2.38. The van der Waals surface area contributed by atoms with Crippen molar-refractivity contribution in [2.45, 2.75) is 51.9 Å². The molecule has 0 spiro atoms. The van der Waals surface area contributed by atoms with Crippen molar-refractivity contribution in [1.82, 2.24) is 0 Å². The van der Waals surface area contributed by atoms with E-state index < -0.39 is 7.25 Å². The average molecular weight is 434 g/mol. The lowest BCUT2D eigenvalue weighted by molar-refractivity contribution is -0.840. The van der Waals surface area contributed by atoms with Crippen molar-refractivity contribution in [3.8, 4) is 11.1 Å². The van der Waals surface area contributed by atoms with Gasteiger partial charge >= 0.3 is 7.25 Å². The van der Waals surface area contributed by atoms with Crippen LogP contribution < -0.4 is 9.80 Å². The molecule has 31 heavy (non-hydrogen) atoms. The Morgan fingerprint density at radius 3 is 2.32 bits per heavy atom. The Labute approximate surface area is 182 Å². The number of nitrogens with one attached hydrogen (secondary N) is 1. The van der Waals surface area contributed by atoms with E-state index in [4.69, 9.17) is 0 Å². The third kappa shape index (κ3) is 7.13. The van der Waals surface area contributed by atoms with Crippen molar-refractivity contribution in [3.05, 3.63) is 66.0 Å². The van der Waals surface area contributed by atoms with Gasteiger partial charge in [-0.2, -0.15) is 0 Å². The molecule has 0 aromatic heterocycles. The monoisotopic (exact) mass is 434 g/mol. The van der Waals surface area contributed by atoms with Crippen LogP contribution in [0.3, 0.4) is 0 Å². The zero-order valence-corrected chi connectivity index (χ0v) is 18.1. The summed E-state index contributed by atoms with van der Waals surface area (Å²) in [6.45, 7) is 4.61. The van der Waals surface area contributed by atoms with Gasteiger partial charge in [0.05, 0.1) is 12.7 Å². The van der Waals surface area contributed by atoms with Gasteiger partial charge in [-0.3, -0.25) is 9.80 Å². The molecule has 1 aliphatic carbocycles. The molecule has 2 aromatic rings. The van der Waals surface area contributed by atoms with Gasteiger partial charge in [0.2, 0.25) is 0 Å². The van der Waals surface area contributed by atoms with E-state index in [-0.39, 0.29) is 0 Å². The number of halogens is 4. The minimum absolute atomic E-state index is 1.07. The molecule has 2 aromatic carbocycles. The Balaban J connectivity index is 0.000000491. The van der Waals surface area contributed by atoms with Crippen LogP contribution in [0.15, 0.2) is 54.9 Å². The maximum Gasteiger partial charge on any atom is 0.673 e. The molecular formula is C24H31BF4N2. The van der Waals surface area contributed by atoms with Crippen molar-refractivity contribution in [3.63, 3.8) is 0 Å². The number of fused-ring (bicyclic) bond motifs is 3. The van der Waals surface area contributed by atoms with E-state index >= 15 is 0 Å². The molecular weight excluding hydrogens is 403 g/mol. The predicted octanol–water partition coefficient (Wildman–Crippen LogP) is 6.05. The number of anilines is 1.